The van der Waals surface area contributed by atoms with E-state index in [1.165, 1.54) is 17.6 Å². The van der Waals surface area contributed by atoms with E-state index in [4.69, 9.17) is 0 Å². The second-order valence-corrected chi connectivity index (χ2v) is 11.0. The van der Waals surface area contributed by atoms with Crippen LogP contribution in [0.3, 0.4) is 0 Å². The monoisotopic (exact) mass is 512 g/mol. The zero-order chi connectivity index (χ0) is 25.2. The Labute approximate surface area is 206 Å². The van der Waals surface area contributed by atoms with Gasteiger partial charge in [-0.05, 0) is 42.3 Å². The van der Waals surface area contributed by atoms with Crippen molar-refractivity contribution in [2.24, 2.45) is 7.05 Å². The SMILES string of the molecule is Cc1cc(NC(=O)CCNC(=O)Nc2nc3ccc(-c4cccc(S(C)(=O)=O)c4)cc3s2)n(C)n1. The average Bonchev–Trinajstić information content (AvgIpc) is 3.33. The number of thiazole rings is 1. The molecule has 35 heavy (non-hydrogen) atoms. The molecule has 0 unspecified atom stereocenters. The van der Waals surface area contributed by atoms with Crippen molar-refractivity contribution in [3.05, 3.63) is 54.2 Å². The van der Waals surface area contributed by atoms with E-state index in [2.05, 4.69) is 26.0 Å². The van der Waals surface area contributed by atoms with Gasteiger partial charge < -0.3 is 10.6 Å². The highest BCUT2D eigenvalue weighted by molar-refractivity contribution is 7.90. The van der Waals surface area contributed by atoms with Crippen molar-refractivity contribution in [3.63, 3.8) is 0 Å². The van der Waals surface area contributed by atoms with Crippen LogP contribution < -0.4 is 16.0 Å². The molecule has 0 aliphatic heterocycles. The molecule has 10 nitrogen and oxygen atoms in total. The maximum Gasteiger partial charge on any atom is 0.321 e. The van der Waals surface area contributed by atoms with Crippen LogP contribution >= 0.6 is 11.3 Å². The van der Waals surface area contributed by atoms with Gasteiger partial charge >= 0.3 is 6.03 Å². The third-order valence-corrected chi connectivity index (χ3v) is 7.16. The molecule has 0 saturated carbocycles. The summed E-state index contributed by atoms with van der Waals surface area (Å²) in [4.78, 5) is 29.0. The number of sulfone groups is 1. The summed E-state index contributed by atoms with van der Waals surface area (Å²) in [5.74, 6) is 0.356. The Morgan fingerprint density at radius 3 is 2.54 bits per heavy atom. The van der Waals surface area contributed by atoms with Crippen LogP contribution in [0, 0.1) is 6.92 Å². The first-order valence-electron chi connectivity index (χ1n) is 10.6. The van der Waals surface area contributed by atoms with E-state index in [1.807, 2.05) is 31.2 Å². The largest absolute Gasteiger partial charge is 0.337 e. The summed E-state index contributed by atoms with van der Waals surface area (Å²) in [6, 6.07) is 13.6. The van der Waals surface area contributed by atoms with Crippen LogP contribution in [-0.2, 0) is 21.7 Å². The molecule has 0 spiro atoms. The lowest BCUT2D eigenvalue weighted by molar-refractivity contribution is -0.116. The molecule has 2 aromatic heterocycles. The van der Waals surface area contributed by atoms with Gasteiger partial charge in [0.2, 0.25) is 5.91 Å². The number of anilines is 2. The van der Waals surface area contributed by atoms with Crippen LogP contribution in [0.5, 0.6) is 0 Å². The summed E-state index contributed by atoms with van der Waals surface area (Å²) in [5.41, 5.74) is 3.12. The van der Waals surface area contributed by atoms with E-state index in [0.29, 0.717) is 16.5 Å². The number of urea groups is 1. The van der Waals surface area contributed by atoms with Gasteiger partial charge in [-0.3, -0.25) is 14.8 Å². The van der Waals surface area contributed by atoms with Crippen LogP contribution in [0.4, 0.5) is 15.7 Å². The minimum atomic E-state index is -3.31. The van der Waals surface area contributed by atoms with Gasteiger partial charge in [-0.2, -0.15) is 5.10 Å². The average molecular weight is 513 g/mol. The maximum absolute atomic E-state index is 12.2. The number of hydrogen-bond acceptors (Lipinski definition) is 7. The summed E-state index contributed by atoms with van der Waals surface area (Å²) in [7, 11) is -1.57. The molecule has 0 fully saturated rings. The predicted molar refractivity (Wildman–Crippen MR) is 136 cm³/mol. The summed E-state index contributed by atoms with van der Waals surface area (Å²) < 4.78 is 26.1. The van der Waals surface area contributed by atoms with Crippen molar-refractivity contribution in [3.8, 4) is 11.1 Å². The first-order valence-corrected chi connectivity index (χ1v) is 13.4. The van der Waals surface area contributed by atoms with E-state index in [1.54, 1.807) is 36.0 Å². The van der Waals surface area contributed by atoms with Gasteiger partial charge in [0.1, 0.15) is 5.82 Å². The third-order valence-electron chi connectivity index (χ3n) is 5.11. The molecule has 12 heteroatoms. The lowest BCUT2D eigenvalue weighted by atomic mass is 10.1. The van der Waals surface area contributed by atoms with Crippen molar-refractivity contribution in [2.45, 2.75) is 18.2 Å². The number of nitrogens with zero attached hydrogens (tertiary/aromatic N) is 3. The normalized spacial score (nSPS) is 11.4. The number of aromatic nitrogens is 3. The molecule has 0 aliphatic carbocycles. The Bertz CT molecular complexity index is 1520. The number of fused-ring (bicyclic) bond motifs is 1. The van der Waals surface area contributed by atoms with Crippen LogP contribution in [0.1, 0.15) is 12.1 Å². The molecule has 0 saturated heterocycles. The number of carbonyl (C=O) groups is 2. The molecule has 0 bridgehead atoms. The number of carbonyl (C=O) groups excluding carboxylic acids is 2. The number of aryl methyl sites for hydroxylation is 2. The zero-order valence-electron chi connectivity index (χ0n) is 19.3. The molecule has 0 aliphatic rings. The number of amides is 3. The Morgan fingerprint density at radius 1 is 1.06 bits per heavy atom. The highest BCUT2D eigenvalue weighted by atomic mass is 32.2. The molecule has 0 radical (unpaired) electrons. The minimum absolute atomic E-state index is 0.105. The van der Waals surface area contributed by atoms with Crippen molar-refractivity contribution in [1.29, 1.82) is 0 Å². The van der Waals surface area contributed by atoms with Gasteiger partial charge in [0.25, 0.3) is 0 Å². The lowest BCUT2D eigenvalue weighted by Gasteiger charge is -2.06. The fourth-order valence-electron chi connectivity index (χ4n) is 3.43. The Hall–Kier alpha value is -3.77. The molecule has 3 amide bonds. The molecule has 3 N–H and O–H groups in total. The summed E-state index contributed by atoms with van der Waals surface area (Å²) in [6.45, 7) is 1.99. The number of benzene rings is 2. The highest BCUT2D eigenvalue weighted by Crippen LogP contribution is 2.31. The number of rotatable bonds is 7. The van der Waals surface area contributed by atoms with Crippen LogP contribution in [0.25, 0.3) is 21.3 Å². The number of hydrogen-bond donors (Lipinski definition) is 3. The van der Waals surface area contributed by atoms with Crippen molar-refractivity contribution >= 4 is 54.3 Å². The van der Waals surface area contributed by atoms with E-state index >= 15 is 0 Å². The van der Waals surface area contributed by atoms with Crippen LogP contribution in [0.2, 0.25) is 0 Å². The van der Waals surface area contributed by atoms with Gasteiger partial charge in [0.15, 0.2) is 15.0 Å². The van der Waals surface area contributed by atoms with Crippen molar-refractivity contribution in [1.82, 2.24) is 20.1 Å². The molecule has 182 valence electrons. The molecule has 4 aromatic rings. The van der Waals surface area contributed by atoms with Gasteiger partial charge in [-0.25, -0.2) is 18.2 Å². The minimum Gasteiger partial charge on any atom is -0.337 e. The quantitative estimate of drug-likeness (QED) is 0.347. The van der Waals surface area contributed by atoms with Gasteiger partial charge in [-0.15, -0.1) is 0 Å². The van der Waals surface area contributed by atoms with Crippen molar-refractivity contribution in [2.75, 3.05) is 23.4 Å². The predicted octanol–water partition coefficient (Wildman–Crippen LogP) is 3.56. The van der Waals surface area contributed by atoms with Crippen molar-refractivity contribution < 1.29 is 18.0 Å². The lowest BCUT2D eigenvalue weighted by Crippen LogP contribution is -2.31. The second kappa shape index (κ2) is 9.84. The van der Waals surface area contributed by atoms with E-state index in [9.17, 15) is 18.0 Å². The second-order valence-electron chi connectivity index (χ2n) is 7.98. The van der Waals surface area contributed by atoms with E-state index in [0.717, 1.165) is 21.5 Å². The van der Waals surface area contributed by atoms with Crippen LogP contribution in [0.15, 0.2) is 53.4 Å². The van der Waals surface area contributed by atoms with Gasteiger partial charge in [0.05, 0.1) is 20.8 Å². The fraction of sp³-hybridized carbons (Fsp3) is 0.217. The van der Waals surface area contributed by atoms with E-state index < -0.39 is 15.9 Å². The van der Waals surface area contributed by atoms with Crippen LogP contribution in [-0.4, -0.2) is 47.9 Å². The standard InChI is InChI=1S/C23H24N6O4S2/c1-14-11-20(29(2)28-14)26-21(30)9-10-24-22(31)27-23-25-18-8-7-16(13-19(18)34-23)15-5-4-6-17(12-15)35(3,32)33/h4-8,11-13H,9-10H2,1-3H3,(H,26,30)(H2,24,25,27,31). The third kappa shape index (κ3) is 6.03. The highest BCUT2D eigenvalue weighted by Gasteiger charge is 2.12. The topological polar surface area (TPSA) is 135 Å². The maximum atomic E-state index is 12.2. The zero-order valence-corrected chi connectivity index (χ0v) is 21.0. The molecule has 2 heterocycles. The Morgan fingerprint density at radius 2 is 1.83 bits per heavy atom. The molecule has 0 atom stereocenters. The molecule has 2 aromatic carbocycles. The molecule has 4 rings (SSSR count). The van der Waals surface area contributed by atoms with Gasteiger partial charge in [0, 0.05) is 32.3 Å². The first-order chi connectivity index (χ1) is 16.6. The first kappa shape index (κ1) is 24.4. The Balaban J connectivity index is 1.35. The number of nitrogens with one attached hydrogen (secondary N) is 3. The molecular formula is C23H24N6O4S2. The van der Waals surface area contributed by atoms with Gasteiger partial charge in [-0.1, -0.05) is 29.5 Å². The molecular weight excluding hydrogens is 488 g/mol. The fourth-order valence-corrected chi connectivity index (χ4v) is 4.99. The summed E-state index contributed by atoms with van der Waals surface area (Å²) in [5, 5.41) is 12.7. The Kier molecular flexibility index (Phi) is 6.85. The smallest absolute Gasteiger partial charge is 0.321 e. The summed E-state index contributed by atoms with van der Waals surface area (Å²) in [6.07, 6.45) is 1.28. The summed E-state index contributed by atoms with van der Waals surface area (Å²) >= 11 is 1.30. The van der Waals surface area contributed by atoms with E-state index in [-0.39, 0.29) is 23.8 Å².